The summed E-state index contributed by atoms with van der Waals surface area (Å²) < 4.78 is 40.1. The molecule has 3 atom stereocenters. The van der Waals surface area contributed by atoms with Crippen LogP contribution in [0.4, 0.5) is 13.2 Å². The van der Waals surface area contributed by atoms with Crippen molar-refractivity contribution in [3.63, 3.8) is 0 Å². The van der Waals surface area contributed by atoms with Crippen LogP contribution >= 0.6 is 0 Å². The summed E-state index contributed by atoms with van der Waals surface area (Å²) in [6.07, 6.45) is 0.449. The lowest BCUT2D eigenvalue weighted by Gasteiger charge is -2.37. The second-order valence-electron chi connectivity index (χ2n) is 4.95. The average Bonchev–Trinajstić information content (AvgIpc) is 2.37. The van der Waals surface area contributed by atoms with Crippen LogP contribution in [-0.2, 0) is 4.79 Å². The summed E-state index contributed by atoms with van der Waals surface area (Å²) >= 11 is 0. The van der Waals surface area contributed by atoms with Crippen molar-refractivity contribution in [1.82, 2.24) is 0 Å². The van der Waals surface area contributed by atoms with Crippen molar-refractivity contribution in [2.24, 2.45) is 16.7 Å². The first-order chi connectivity index (χ1) is 6.26. The Hall–Kier alpha value is -0.540. The van der Waals surface area contributed by atoms with Crippen LogP contribution in [0.2, 0.25) is 0 Å². The second kappa shape index (κ2) is 2.34. The Labute approximate surface area is 80.7 Å². The van der Waals surface area contributed by atoms with E-state index in [1.54, 1.807) is 0 Å². The minimum atomic E-state index is -2.90. The first-order valence-electron chi connectivity index (χ1n) is 4.83. The van der Waals surface area contributed by atoms with Crippen LogP contribution < -0.4 is 0 Å². The van der Waals surface area contributed by atoms with E-state index >= 15 is 0 Å². The second-order valence-corrected chi connectivity index (χ2v) is 4.95. The van der Waals surface area contributed by atoms with E-state index in [4.69, 9.17) is 0 Å². The Kier molecular flexibility index (Phi) is 1.67. The highest BCUT2D eigenvalue weighted by molar-refractivity contribution is 5.78. The number of alkyl halides is 2. The van der Waals surface area contributed by atoms with Crippen LogP contribution in [0.3, 0.4) is 0 Å². The van der Waals surface area contributed by atoms with Gasteiger partial charge < -0.3 is 0 Å². The Morgan fingerprint density at radius 2 is 1.93 bits per heavy atom. The monoisotopic (exact) mass is 206 g/mol. The number of hydrogen-bond donors (Lipinski definition) is 0. The molecule has 0 spiro atoms. The predicted molar refractivity (Wildman–Crippen MR) is 44.6 cm³/mol. The van der Waals surface area contributed by atoms with Gasteiger partial charge in [-0.3, -0.25) is 4.79 Å². The van der Waals surface area contributed by atoms with Gasteiger partial charge in [0.1, 0.15) is 0 Å². The maximum atomic E-state index is 13.6. The zero-order valence-corrected chi connectivity index (χ0v) is 8.24. The third-order valence-corrected chi connectivity index (χ3v) is 4.67. The van der Waals surface area contributed by atoms with Gasteiger partial charge in [-0.2, -0.15) is 4.39 Å². The van der Waals surface area contributed by atoms with E-state index in [2.05, 4.69) is 0 Å². The van der Waals surface area contributed by atoms with Crippen molar-refractivity contribution < 1.29 is 18.0 Å². The highest BCUT2D eigenvalue weighted by Crippen LogP contribution is 2.71. The third kappa shape index (κ3) is 0.766. The van der Waals surface area contributed by atoms with Gasteiger partial charge in [0.15, 0.2) is 0 Å². The Morgan fingerprint density at radius 3 is 2.14 bits per heavy atom. The molecule has 0 aromatic heterocycles. The molecule has 1 nitrogen and oxygen atoms in total. The zero-order chi connectivity index (χ0) is 10.8. The molecule has 2 bridgehead atoms. The molecule has 80 valence electrons. The maximum absolute atomic E-state index is 13.6. The van der Waals surface area contributed by atoms with E-state index < -0.39 is 28.7 Å². The lowest BCUT2D eigenvalue weighted by atomic mass is 9.68. The highest BCUT2D eigenvalue weighted by Gasteiger charge is 2.75. The smallest absolute Gasteiger partial charge is 0.261 e. The van der Waals surface area contributed by atoms with Crippen LogP contribution in [0.5, 0.6) is 0 Å². The molecule has 4 heteroatoms. The molecule has 0 aromatic carbocycles. The molecule has 2 fully saturated rings. The van der Waals surface area contributed by atoms with Gasteiger partial charge in [0.2, 0.25) is 0 Å². The summed E-state index contributed by atoms with van der Waals surface area (Å²) in [5.74, 6) is -3.38. The van der Waals surface area contributed by atoms with Gasteiger partial charge >= 0.3 is 6.04 Å². The molecule has 0 aromatic rings. The fourth-order valence-corrected chi connectivity index (χ4v) is 3.24. The number of halogens is 3. The normalized spacial score (nSPS) is 49.6. The number of carbonyl (C=O) groups is 1. The van der Waals surface area contributed by atoms with Crippen molar-refractivity contribution in [3.05, 3.63) is 0 Å². The summed E-state index contributed by atoms with van der Waals surface area (Å²) in [5.41, 5.74) is -2.94. The number of carbonyl (C=O) groups excluding carboxylic acids is 1. The van der Waals surface area contributed by atoms with Gasteiger partial charge in [0.25, 0.3) is 5.92 Å². The molecule has 0 aliphatic heterocycles. The SMILES string of the molecule is CC1(C(=O)F)C2CCC1(C)C(F)(F)C2. The van der Waals surface area contributed by atoms with E-state index in [-0.39, 0.29) is 12.8 Å². The average molecular weight is 206 g/mol. The summed E-state index contributed by atoms with van der Waals surface area (Å²) in [4.78, 5) is 10.9. The van der Waals surface area contributed by atoms with Crippen LogP contribution in [-0.4, -0.2) is 12.0 Å². The van der Waals surface area contributed by atoms with Crippen LogP contribution in [0.25, 0.3) is 0 Å². The van der Waals surface area contributed by atoms with Crippen LogP contribution in [0.1, 0.15) is 33.1 Å². The van der Waals surface area contributed by atoms with Crippen LogP contribution in [0, 0.1) is 16.7 Å². The standard InChI is InChI=1S/C10H13F3O/c1-8-4-3-6(5-10(8,12)13)9(8,2)7(11)14/h6H,3-5H2,1-2H3. The quantitative estimate of drug-likeness (QED) is 0.603. The molecule has 0 amide bonds. The van der Waals surface area contributed by atoms with Gasteiger partial charge in [-0.05, 0) is 25.7 Å². The highest BCUT2D eigenvalue weighted by atomic mass is 19.3. The molecule has 2 aliphatic carbocycles. The lowest BCUT2D eigenvalue weighted by Crippen LogP contribution is -2.44. The Morgan fingerprint density at radius 1 is 1.36 bits per heavy atom. The molecule has 2 saturated carbocycles. The van der Waals surface area contributed by atoms with Gasteiger partial charge in [-0.15, -0.1) is 0 Å². The van der Waals surface area contributed by atoms with E-state index in [0.717, 1.165) is 0 Å². The summed E-state index contributed by atoms with van der Waals surface area (Å²) in [6.45, 7) is 2.70. The van der Waals surface area contributed by atoms with Crippen molar-refractivity contribution in [2.75, 3.05) is 0 Å². The number of rotatable bonds is 1. The molecular weight excluding hydrogens is 193 g/mol. The van der Waals surface area contributed by atoms with Gasteiger partial charge in [-0.25, -0.2) is 8.78 Å². The maximum Gasteiger partial charge on any atom is 0.308 e. The molecule has 3 unspecified atom stereocenters. The van der Waals surface area contributed by atoms with Crippen molar-refractivity contribution >= 4 is 6.04 Å². The molecule has 0 saturated heterocycles. The Bertz CT molecular complexity index is 302. The van der Waals surface area contributed by atoms with Crippen molar-refractivity contribution in [2.45, 2.75) is 39.0 Å². The summed E-state index contributed by atoms with van der Waals surface area (Å²) in [6, 6.07) is -1.57. The minimum Gasteiger partial charge on any atom is -0.261 e. The largest absolute Gasteiger partial charge is 0.308 e. The van der Waals surface area contributed by atoms with Gasteiger partial charge in [0, 0.05) is 11.8 Å². The van der Waals surface area contributed by atoms with E-state index in [9.17, 15) is 18.0 Å². The lowest BCUT2D eigenvalue weighted by molar-refractivity contribution is -0.160. The molecule has 2 aliphatic rings. The first kappa shape index (κ1) is 9.99. The molecule has 0 N–H and O–H groups in total. The predicted octanol–water partition coefficient (Wildman–Crippen LogP) is 2.94. The Balaban J connectivity index is 2.53. The summed E-state index contributed by atoms with van der Waals surface area (Å²) in [7, 11) is 0. The van der Waals surface area contributed by atoms with E-state index in [0.29, 0.717) is 6.42 Å². The molecule has 0 heterocycles. The fraction of sp³-hybridized carbons (Fsp3) is 0.900. The minimum absolute atomic E-state index is 0.247. The van der Waals surface area contributed by atoms with Crippen LogP contribution in [0.15, 0.2) is 0 Å². The first-order valence-corrected chi connectivity index (χ1v) is 4.83. The summed E-state index contributed by atoms with van der Waals surface area (Å²) in [5, 5.41) is 0. The third-order valence-electron chi connectivity index (χ3n) is 4.67. The topological polar surface area (TPSA) is 17.1 Å². The molecule has 14 heavy (non-hydrogen) atoms. The van der Waals surface area contributed by atoms with E-state index in [1.165, 1.54) is 13.8 Å². The van der Waals surface area contributed by atoms with E-state index in [1.807, 2.05) is 0 Å². The molecular formula is C10H13F3O. The number of fused-ring (bicyclic) bond motifs is 2. The molecule has 0 radical (unpaired) electrons. The number of hydrogen-bond acceptors (Lipinski definition) is 1. The van der Waals surface area contributed by atoms with Crippen molar-refractivity contribution in [1.29, 1.82) is 0 Å². The molecule has 2 rings (SSSR count). The fourth-order valence-electron chi connectivity index (χ4n) is 3.24. The zero-order valence-electron chi connectivity index (χ0n) is 8.24. The van der Waals surface area contributed by atoms with Crippen molar-refractivity contribution in [3.8, 4) is 0 Å². The van der Waals surface area contributed by atoms with Gasteiger partial charge in [-0.1, -0.05) is 6.92 Å². The van der Waals surface area contributed by atoms with Gasteiger partial charge in [0.05, 0.1) is 5.41 Å².